The van der Waals surface area contributed by atoms with E-state index < -0.39 is 0 Å². The summed E-state index contributed by atoms with van der Waals surface area (Å²) in [5.74, 6) is 0.884. The average Bonchev–Trinajstić information content (AvgIpc) is 2.38. The normalized spacial score (nSPS) is 19.3. The second-order valence-electron chi connectivity index (χ2n) is 4.09. The molecule has 0 amide bonds. The third kappa shape index (κ3) is 3.09. The minimum Gasteiger partial charge on any atom is -0.352 e. The van der Waals surface area contributed by atoms with Gasteiger partial charge in [-0.1, -0.05) is 0 Å². The number of piperidine rings is 1. The highest BCUT2D eigenvalue weighted by atomic mass is 35.5. The number of nitrogens with two attached hydrogens (primary N) is 1. The first kappa shape index (κ1) is 13.8. The Morgan fingerprint density at radius 3 is 3.06 bits per heavy atom. The molecule has 4 nitrogen and oxygen atoms in total. The highest BCUT2D eigenvalue weighted by molar-refractivity contribution is 5.85. The van der Waals surface area contributed by atoms with Gasteiger partial charge in [-0.05, 0) is 31.4 Å². The van der Waals surface area contributed by atoms with Gasteiger partial charge >= 0.3 is 0 Å². The van der Waals surface area contributed by atoms with E-state index in [2.05, 4.69) is 16.0 Å². The van der Waals surface area contributed by atoms with Crippen LogP contribution < -0.4 is 10.6 Å². The van der Waals surface area contributed by atoms with Gasteiger partial charge in [-0.2, -0.15) is 5.26 Å². The molecule has 1 aliphatic heterocycles. The van der Waals surface area contributed by atoms with Crippen molar-refractivity contribution in [3.8, 4) is 6.07 Å². The molecule has 0 saturated carbocycles. The first-order valence-electron chi connectivity index (χ1n) is 5.68. The highest BCUT2D eigenvalue weighted by Crippen LogP contribution is 2.22. The van der Waals surface area contributed by atoms with Crippen LogP contribution in [0.3, 0.4) is 0 Å². The number of rotatable bonds is 2. The van der Waals surface area contributed by atoms with Crippen molar-refractivity contribution >= 4 is 18.2 Å². The van der Waals surface area contributed by atoms with Crippen molar-refractivity contribution in [1.82, 2.24) is 4.98 Å². The maximum Gasteiger partial charge on any atom is 0.130 e. The van der Waals surface area contributed by atoms with Gasteiger partial charge in [0, 0.05) is 25.3 Å². The van der Waals surface area contributed by atoms with E-state index in [1.54, 1.807) is 12.3 Å². The largest absolute Gasteiger partial charge is 0.352 e. The van der Waals surface area contributed by atoms with E-state index in [0.29, 0.717) is 18.2 Å². The smallest absolute Gasteiger partial charge is 0.130 e. The fourth-order valence-corrected chi connectivity index (χ4v) is 2.19. The molecule has 0 aromatic carbocycles. The van der Waals surface area contributed by atoms with Gasteiger partial charge in [0.1, 0.15) is 5.82 Å². The molecule has 1 saturated heterocycles. The van der Waals surface area contributed by atoms with E-state index in [4.69, 9.17) is 11.0 Å². The zero-order chi connectivity index (χ0) is 11.4. The molecule has 92 valence electrons. The van der Waals surface area contributed by atoms with Crippen molar-refractivity contribution in [3.63, 3.8) is 0 Å². The quantitative estimate of drug-likeness (QED) is 0.870. The Bertz CT molecular complexity index is 402. The van der Waals surface area contributed by atoms with Crippen LogP contribution in [-0.4, -0.2) is 24.1 Å². The summed E-state index contributed by atoms with van der Waals surface area (Å²) in [4.78, 5) is 6.56. The third-order valence-corrected chi connectivity index (χ3v) is 3.07. The molecule has 1 aliphatic rings. The minimum absolute atomic E-state index is 0. The first-order valence-corrected chi connectivity index (χ1v) is 5.68. The van der Waals surface area contributed by atoms with Gasteiger partial charge in [-0.3, -0.25) is 0 Å². The van der Waals surface area contributed by atoms with E-state index in [0.717, 1.165) is 18.8 Å². The summed E-state index contributed by atoms with van der Waals surface area (Å²) in [6.07, 6.45) is 5.22. The number of nitrogens with zero attached hydrogens (tertiary/aromatic N) is 3. The summed E-state index contributed by atoms with van der Waals surface area (Å²) in [6, 6.07) is 6.08. The van der Waals surface area contributed by atoms with Crippen molar-refractivity contribution in [2.24, 2.45) is 5.73 Å². The van der Waals surface area contributed by atoms with Crippen molar-refractivity contribution < 1.29 is 0 Å². The van der Waals surface area contributed by atoms with E-state index in [-0.39, 0.29) is 12.4 Å². The van der Waals surface area contributed by atoms with Crippen LogP contribution in [-0.2, 0) is 0 Å². The molecule has 2 heterocycles. The lowest BCUT2D eigenvalue weighted by molar-refractivity contribution is 0.462. The molecule has 5 heteroatoms. The van der Waals surface area contributed by atoms with Gasteiger partial charge in [0.15, 0.2) is 0 Å². The Kier molecular flexibility index (Phi) is 5.20. The van der Waals surface area contributed by atoms with Crippen LogP contribution in [0.2, 0.25) is 0 Å². The van der Waals surface area contributed by atoms with Crippen molar-refractivity contribution in [2.75, 3.05) is 18.0 Å². The van der Waals surface area contributed by atoms with Gasteiger partial charge in [0.2, 0.25) is 0 Å². The van der Waals surface area contributed by atoms with Crippen LogP contribution in [0, 0.1) is 11.3 Å². The van der Waals surface area contributed by atoms with Crippen LogP contribution >= 0.6 is 12.4 Å². The number of halogens is 1. The van der Waals surface area contributed by atoms with E-state index in [9.17, 15) is 0 Å². The molecule has 17 heavy (non-hydrogen) atoms. The van der Waals surface area contributed by atoms with Gasteiger partial charge < -0.3 is 10.6 Å². The van der Waals surface area contributed by atoms with Crippen LogP contribution in [0.1, 0.15) is 24.8 Å². The monoisotopic (exact) mass is 252 g/mol. The van der Waals surface area contributed by atoms with Crippen molar-refractivity contribution in [3.05, 3.63) is 23.9 Å². The highest BCUT2D eigenvalue weighted by Gasteiger charge is 2.22. The minimum atomic E-state index is 0. The summed E-state index contributed by atoms with van der Waals surface area (Å²) in [7, 11) is 0. The van der Waals surface area contributed by atoms with E-state index in [1.165, 1.54) is 12.8 Å². The van der Waals surface area contributed by atoms with Gasteiger partial charge in [-0.25, -0.2) is 4.98 Å². The van der Waals surface area contributed by atoms with Gasteiger partial charge in [0.25, 0.3) is 0 Å². The first-order chi connectivity index (χ1) is 7.85. The van der Waals surface area contributed by atoms with Crippen LogP contribution in [0.4, 0.5) is 5.82 Å². The lowest BCUT2D eigenvalue weighted by atomic mass is 10.0. The molecule has 1 atom stereocenters. The zero-order valence-corrected chi connectivity index (χ0v) is 10.5. The molecule has 2 N–H and O–H groups in total. The number of aromatic nitrogens is 1. The second kappa shape index (κ2) is 6.43. The zero-order valence-electron chi connectivity index (χ0n) is 9.67. The molecule has 1 aromatic rings. The Hall–Kier alpha value is -1.31. The number of hydrogen-bond acceptors (Lipinski definition) is 4. The molecule has 1 fully saturated rings. The third-order valence-electron chi connectivity index (χ3n) is 3.07. The van der Waals surface area contributed by atoms with Crippen molar-refractivity contribution in [1.29, 1.82) is 5.26 Å². The average molecular weight is 253 g/mol. The Morgan fingerprint density at radius 2 is 2.35 bits per heavy atom. The summed E-state index contributed by atoms with van der Waals surface area (Å²) in [5.41, 5.74) is 6.43. The van der Waals surface area contributed by atoms with Crippen LogP contribution in [0.15, 0.2) is 18.3 Å². The molecule has 0 radical (unpaired) electrons. The van der Waals surface area contributed by atoms with Gasteiger partial charge in [0.05, 0.1) is 11.6 Å². The molecular weight excluding hydrogens is 236 g/mol. The number of hydrogen-bond donors (Lipinski definition) is 1. The molecule has 0 bridgehead atoms. The topological polar surface area (TPSA) is 65.9 Å². The fourth-order valence-electron chi connectivity index (χ4n) is 2.19. The maximum atomic E-state index is 8.86. The molecule has 0 aliphatic carbocycles. The van der Waals surface area contributed by atoms with Crippen molar-refractivity contribution in [2.45, 2.75) is 25.3 Å². The molecule has 1 unspecified atom stereocenters. The lowest BCUT2D eigenvalue weighted by Gasteiger charge is -2.36. The second-order valence-corrected chi connectivity index (χ2v) is 4.09. The molecular formula is C12H17ClN4. The molecule has 0 spiro atoms. The summed E-state index contributed by atoms with van der Waals surface area (Å²) in [6.45, 7) is 1.64. The number of pyridine rings is 1. The molecule has 1 aromatic heterocycles. The summed E-state index contributed by atoms with van der Waals surface area (Å²) < 4.78 is 0. The SMILES string of the molecule is Cl.N#Cc1ccnc(N2CCCCC2CN)c1. The summed E-state index contributed by atoms with van der Waals surface area (Å²) in [5, 5.41) is 8.86. The maximum absolute atomic E-state index is 8.86. The van der Waals surface area contributed by atoms with E-state index in [1.807, 2.05) is 6.07 Å². The number of nitriles is 1. The lowest BCUT2D eigenvalue weighted by Crippen LogP contribution is -2.44. The predicted octanol–water partition coefficient (Wildman–Crippen LogP) is 1.69. The Labute approximate surface area is 108 Å². The fraction of sp³-hybridized carbons (Fsp3) is 0.500. The Morgan fingerprint density at radius 1 is 1.53 bits per heavy atom. The Balaban J connectivity index is 0.00000144. The number of anilines is 1. The summed E-state index contributed by atoms with van der Waals surface area (Å²) >= 11 is 0. The van der Waals surface area contributed by atoms with Gasteiger partial charge in [-0.15, -0.1) is 12.4 Å². The molecule has 2 rings (SSSR count). The predicted molar refractivity (Wildman–Crippen MR) is 70.2 cm³/mol. The standard InChI is InChI=1S/C12H16N4.ClH/c13-8-10-4-5-15-12(7-10)16-6-2-1-3-11(16)9-14;/h4-5,7,11H,1-3,6,9,14H2;1H. The van der Waals surface area contributed by atoms with Crippen LogP contribution in [0.5, 0.6) is 0 Å². The van der Waals surface area contributed by atoms with E-state index >= 15 is 0 Å². The van der Waals surface area contributed by atoms with Crippen LogP contribution in [0.25, 0.3) is 0 Å².